The smallest absolute Gasteiger partial charge is 0.255 e. The van der Waals surface area contributed by atoms with Crippen LogP contribution in [-0.2, 0) is 0 Å². The summed E-state index contributed by atoms with van der Waals surface area (Å²) in [6.45, 7) is 4.29. The van der Waals surface area contributed by atoms with Crippen molar-refractivity contribution in [3.63, 3.8) is 0 Å². The molecule has 1 saturated carbocycles. The standard InChI is InChI=1S/C21H24ClNO4/c1-21(2)18(12-6-8-13(25-3)9-7-12)19(21)23-20(24)14-10-15(22)17(27-5)11-16(14)26-4/h6-11,18-19H,1-5H3,(H,23,24). The zero-order valence-corrected chi connectivity index (χ0v) is 16.9. The average molecular weight is 390 g/mol. The molecular weight excluding hydrogens is 366 g/mol. The largest absolute Gasteiger partial charge is 0.497 e. The van der Waals surface area contributed by atoms with E-state index in [2.05, 4.69) is 19.2 Å². The molecule has 1 N–H and O–H groups in total. The van der Waals surface area contributed by atoms with Gasteiger partial charge in [-0.3, -0.25) is 4.79 Å². The van der Waals surface area contributed by atoms with Crippen molar-refractivity contribution in [1.29, 1.82) is 0 Å². The van der Waals surface area contributed by atoms with Gasteiger partial charge >= 0.3 is 0 Å². The van der Waals surface area contributed by atoms with Crippen molar-refractivity contribution in [2.45, 2.75) is 25.8 Å². The lowest BCUT2D eigenvalue weighted by molar-refractivity contribution is 0.0943. The van der Waals surface area contributed by atoms with Crippen LogP contribution < -0.4 is 19.5 Å². The second kappa shape index (κ2) is 7.31. The zero-order valence-electron chi connectivity index (χ0n) is 16.1. The van der Waals surface area contributed by atoms with Crippen LogP contribution in [0, 0.1) is 5.41 Å². The minimum Gasteiger partial charge on any atom is -0.497 e. The highest BCUT2D eigenvalue weighted by atomic mass is 35.5. The molecule has 0 bridgehead atoms. The van der Waals surface area contributed by atoms with Gasteiger partial charge in [-0.05, 0) is 29.2 Å². The molecule has 0 heterocycles. The molecule has 2 unspecified atom stereocenters. The van der Waals surface area contributed by atoms with Gasteiger partial charge in [0.15, 0.2) is 0 Å². The van der Waals surface area contributed by atoms with E-state index in [1.807, 2.05) is 24.3 Å². The molecular formula is C21H24ClNO4. The van der Waals surface area contributed by atoms with Gasteiger partial charge in [0, 0.05) is 18.0 Å². The van der Waals surface area contributed by atoms with Crippen molar-refractivity contribution in [3.05, 3.63) is 52.5 Å². The summed E-state index contributed by atoms with van der Waals surface area (Å²) < 4.78 is 15.7. The molecule has 2 atom stereocenters. The predicted octanol–water partition coefficient (Wildman–Crippen LogP) is 4.29. The molecule has 144 valence electrons. The first-order chi connectivity index (χ1) is 12.8. The maximum absolute atomic E-state index is 12.9. The van der Waals surface area contributed by atoms with Crippen LogP contribution in [0.4, 0.5) is 0 Å². The molecule has 6 heteroatoms. The predicted molar refractivity (Wildman–Crippen MR) is 105 cm³/mol. The van der Waals surface area contributed by atoms with E-state index in [1.165, 1.54) is 19.8 Å². The molecule has 0 aromatic heterocycles. The van der Waals surface area contributed by atoms with E-state index < -0.39 is 0 Å². The average Bonchev–Trinajstić information content (AvgIpc) is 3.21. The second-order valence-corrected chi connectivity index (χ2v) is 7.62. The van der Waals surface area contributed by atoms with Crippen LogP contribution in [-0.4, -0.2) is 33.3 Å². The number of nitrogens with one attached hydrogen (secondary N) is 1. The fourth-order valence-electron chi connectivity index (χ4n) is 3.60. The fraction of sp³-hybridized carbons (Fsp3) is 0.381. The number of hydrogen-bond donors (Lipinski definition) is 1. The van der Waals surface area contributed by atoms with Crippen LogP contribution in [0.25, 0.3) is 0 Å². The van der Waals surface area contributed by atoms with E-state index in [9.17, 15) is 4.79 Å². The van der Waals surface area contributed by atoms with Gasteiger partial charge in [0.2, 0.25) is 0 Å². The van der Waals surface area contributed by atoms with Gasteiger partial charge in [-0.2, -0.15) is 0 Å². The first kappa shape index (κ1) is 19.4. The first-order valence-electron chi connectivity index (χ1n) is 8.69. The molecule has 5 nitrogen and oxygen atoms in total. The van der Waals surface area contributed by atoms with Gasteiger partial charge in [0.25, 0.3) is 5.91 Å². The lowest BCUT2D eigenvalue weighted by Crippen LogP contribution is -2.29. The molecule has 3 rings (SSSR count). The third kappa shape index (κ3) is 3.56. The molecule has 2 aromatic rings. The third-order valence-electron chi connectivity index (χ3n) is 5.31. The fourth-order valence-corrected chi connectivity index (χ4v) is 3.84. The van der Waals surface area contributed by atoms with E-state index in [0.717, 1.165) is 5.75 Å². The second-order valence-electron chi connectivity index (χ2n) is 7.21. The quantitative estimate of drug-likeness (QED) is 0.800. The summed E-state index contributed by atoms with van der Waals surface area (Å²) in [4.78, 5) is 12.9. The minimum atomic E-state index is -0.217. The maximum Gasteiger partial charge on any atom is 0.255 e. The summed E-state index contributed by atoms with van der Waals surface area (Å²) >= 11 is 6.19. The van der Waals surface area contributed by atoms with Crippen molar-refractivity contribution in [2.24, 2.45) is 5.41 Å². The van der Waals surface area contributed by atoms with Crippen LogP contribution in [0.1, 0.15) is 35.7 Å². The van der Waals surface area contributed by atoms with E-state index in [1.54, 1.807) is 19.2 Å². The summed E-state index contributed by atoms with van der Waals surface area (Å²) in [7, 11) is 4.68. The van der Waals surface area contributed by atoms with Crippen molar-refractivity contribution in [1.82, 2.24) is 5.32 Å². The summed E-state index contributed by atoms with van der Waals surface area (Å²) in [6.07, 6.45) is 0. The Hall–Kier alpha value is -2.40. The Morgan fingerprint density at radius 1 is 1.00 bits per heavy atom. The first-order valence-corrected chi connectivity index (χ1v) is 9.07. The van der Waals surface area contributed by atoms with E-state index in [0.29, 0.717) is 22.1 Å². The molecule has 1 fully saturated rings. The van der Waals surface area contributed by atoms with Crippen molar-refractivity contribution in [3.8, 4) is 17.2 Å². The molecule has 0 spiro atoms. The monoisotopic (exact) mass is 389 g/mol. The minimum absolute atomic E-state index is 0.0176. The lowest BCUT2D eigenvalue weighted by atomic mass is 10.0. The van der Waals surface area contributed by atoms with Crippen LogP contribution >= 0.6 is 11.6 Å². The highest BCUT2D eigenvalue weighted by molar-refractivity contribution is 6.32. The lowest BCUT2D eigenvalue weighted by Gasteiger charge is -2.13. The number of carbonyl (C=O) groups excluding carboxylic acids is 1. The Balaban J connectivity index is 1.80. The van der Waals surface area contributed by atoms with Crippen LogP contribution in [0.5, 0.6) is 17.2 Å². The number of amides is 1. The summed E-state index contributed by atoms with van der Waals surface area (Å²) in [5.41, 5.74) is 1.51. The Bertz CT molecular complexity index is 848. The van der Waals surface area contributed by atoms with Gasteiger partial charge < -0.3 is 19.5 Å². The summed E-state index contributed by atoms with van der Waals surface area (Å²) in [5, 5.41) is 3.49. The molecule has 2 aromatic carbocycles. The molecule has 0 aliphatic heterocycles. The van der Waals surface area contributed by atoms with E-state index in [4.69, 9.17) is 25.8 Å². The number of rotatable bonds is 6. The number of methoxy groups -OCH3 is 3. The molecule has 1 aliphatic carbocycles. The van der Waals surface area contributed by atoms with Crippen molar-refractivity contribution >= 4 is 17.5 Å². The van der Waals surface area contributed by atoms with Gasteiger partial charge in [-0.1, -0.05) is 37.6 Å². The molecule has 0 saturated heterocycles. The van der Waals surface area contributed by atoms with Gasteiger partial charge in [0.05, 0.1) is 31.9 Å². The Morgan fingerprint density at radius 3 is 2.19 bits per heavy atom. The normalized spacial score (nSPS) is 19.9. The highest BCUT2D eigenvalue weighted by Gasteiger charge is 2.59. The number of carbonyl (C=O) groups is 1. The number of hydrogen-bond acceptors (Lipinski definition) is 4. The van der Waals surface area contributed by atoms with Gasteiger partial charge in [-0.25, -0.2) is 0 Å². The van der Waals surface area contributed by atoms with Crippen LogP contribution in [0.15, 0.2) is 36.4 Å². The Morgan fingerprint density at radius 2 is 1.63 bits per heavy atom. The van der Waals surface area contributed by atoms with Crippen LogP contribution in [0.3, 0.4) is 0 Å². The molecule has 0 radical (unpaired) electrons. The maximum atomic E-state index is 12.9. The third-order valence-corrected chi connectivity index (χ3v) is 5.60. The van der Waals surface area contributed by atoms with Crippen molar-refractivity contribution < 1.29 is 19.0 Å². The molecule has 1 aliphatic rings. The Kier molecular flexibility index (Phi) is 5.24. The van der Waals surface area contributed by atoms with Crippen molar-refractivity contribution in [2.75, 3.05) is 21.3 Å². The zero-order chi connectivity index (χ0) is 19.8. The number of halogens is 1. The summed E-state index contributed by atoms with van der Waals surface area (Å²) in [6, 6.07) is 11.2. The highest BCUT2D eigenvalue weighted by Crippen LogP contribution is 2.58. The Labute approximate surface area is 164 Å². The van der Waals surface area contributed by atoms with Gasteiger partial charge in [-0.15, -0.1) is 0 Å². The van der Waals surface area contributed by atoms with E-state index in [-0.39, 0.29) is 23.3 Å². The molecule has 27 heavy (non-hydrogen) atoms. The van der Waals surface area contributed by atoms with Gasteiger partial charge in [0.1, 0.15) is 17.2 Å². The SMILES string of the molecule is COc1ccc(C2C(NC(=O)c3cc(Cl)c(OC)cc3OC)C2(C)C)cc1. The van der Waals surface area contributed by atoms with E-state index >= 15 is 0 Å². The summed E-state index contributed by atoms with van der Waals surface area (Å²) in [5.74, 6) is 1.72. The topological polar surface area (TPSA) is 56.8 Å². The molecule has 1 amide bonds. The number of benzene rings is 2. The van der Waals surface area contributed by atoms with Crippen LogP contribution in [0.2, 0.25) is 5.02 Å². The number of ether oxygens (including phenoxy) is 3.